The molecule has 2 aromatic carbocycles. The van der Waals surface area contributed by atoms with Crippen molar-refractivity contribution in [2.75, 3.05) is 30.3 Å². The number of piperidine rings is 1. The number of likely N-dealkylation sites (tertiary alicyclic amines) is 1. The number of anilines is 2. The van der Waals surface area contributed by atoms with Crippen molar-refractivity contribution >= 4 is 23.0 Å². The van der Waals surface area contributed by atoms with E-state index in [4.69, 9.17) is 4.74 Å². The normalized spacial score (nSPS) is 20.4. The van der Waals surface area contributed by atoms with Crippen molar-refractivity contribution in [3.05, 3.63) is 52.9 Å². The minimum absolute atomic E-state index is 0.0589. The third kappa shape index (κ3) is 8.97. The highest BCUT2D eigenvalue weighted by molar-refractivity contribution is 5.77. The number of amides is 1. The van der Waals surface area contributed by atoms with E-state index < -0.39 is 23.8 Å². The molecule has 1 heterocycles. The molecule has 1 amide bonds. The van der Waals surface area contributed by atoms with Gasteiger partial charge in [-0.15, -0.1) is 18.1 Å². The lowest BCUT2D eigenvalue weighted by Crippen LogP contribution is -2.44. The predicted molar refractivity (Wildman–Crippen MR) is 139 cm³/mol. The van der Waals surface area contributed by atoms with Crippen molar-refractivity contribution in [1.29, 1.82) is 0 Å². The Labute approximate surface area is 232 Å². The summed E-state index contributed by atoms with van der Waals surface area (Å²) in [6.07, 6.45) is -5.64. The predicted octanol–water partition coefficient (Wildman–Crippen LogP) is 6.84. The van der Waals surface area contributed by atoms with Gasteiger partial charge in [-0.1, -0.05) is 0 Å². The lowest BCUT2D eigenvalue weighted by atomic mass is 9.92. The van der Waals surface area contributed by atoms with Gasteiger partial charge in [-0.3, -0.25) is 4.79 Å². The van der Waals surface area contributed by atoms with Gasteiger partial charge < -0.3 is 25.0 Å². The molecule has 2 aromatic rings. The number of hydrogen-bond donors (Lipinski definition) is 2. The molecular formula is C27H30F6N4O4. The zero-order valence-corrected chi connectivity index (χ0v) is 21.9. The first-order chi connectivity index (χ1) is 19.4. The van der Waals surface area contributed by atoms with Crippen LogP contribution in [0.4, 0.5) is 43.4 Å². The SMILES string of the molecule is O=Nc1ccc(NC2CCC(OCC(=O)N3CCC(Nc4ccc(OC(F)(F)F)cc4)CC3)CC2)cc1C(F)(F)F. The van der Waals surface area contributed by atoms with Crippen LogP contribution >= 0.6 is 0 Å². The minimum Gasteiger partial charge on any atom is -0.406 e. The Morgan fingerprint density at radius 3 is 2.02 bits per heavy atom. The van der Waals surface area contributed by atoms with Gasteiger partial charge in [-0.2, -0.15) is 13.2 Å². The van der Waals surface area contributed by atoms with Crippen LogP contribution in [-0.4, -0.2) is 55.1 Å². The number of benzene rings is 2. The van der Waals surface area contributed by atoms with Crippen LogP contribution in [0.5, 0.6) is 5.75 Å². The van der Waals surface area contributed by atoms with E-state index in [0.29, 0.717) is 57.3 Å². The molecule has 0 bridgehead atoms. The zero-order valence-electron chi connectivity index (χ0n) is 21.9. The smallest absolute Gasteiger partial charge is 0.406 e. The van der Waals surface area contributed by atoms with Crippen LogP contribution in [0, 0.1) is 4.91 Å². The van der Waals surface area contributed by atoms with E-state index >= 15 is 0 Å². The van der Waals surface area contributed by atoms with Crippen molar-refractivity contribution in [1.82, 2.24) is 4.90 Å². The number of hydrogen-bond acceptors (Lipinski definition) is 7. The molecule has 0 radical (unpaired) electrons. The minimum atomic E-state index is -4.74. The Hall–Kier alpha value is -3.55. The number of rotatable bonds is 9. The van der Waals surface area contributed by atoms with Gasteiger partial charge in [0.25, 0.3) is 0 Å². The molecule has 2 aliphatic rings. The molecule has 14 heteroatoms. The molecule has 1 saturated carbocycles. The fraction of sp³-hybridized carbons (Fsp3) is 0.519. The van der Waals surface area contributed by atoms with E-state index in [0.717, 1.165) is 12.1 Å². The summed E-state index contributed by atoms with van der Waals surface area (Å²) in [5, 5.41) is 8.80. The van der Waals surface area contributed by atoms with E-state index in [1.807, 2.05) is 0 Å². The molecular weight excluding hydrogens is 558 g/mol. The maximum Gasteiger partial charge on any atom is 0.573 e. The molecule has 2 fully saturated rings. The lowest BCUT2D eigenvalue weighted by molar-refractivity contribution is -0.274. The molecule has 1 aliphatic carbocycles. The standard InChI is InChI=1S/C27H30F6N4O4/c28-26(29,30)23-15-20(5-10-24(23)36-39)35-18-1-6-21(7-2-18)40-16-25(38)37-13-11-19(12-14-37)34-17-3-8-22(9-4-17)41-27(31,32)33/h3-5,8-10,15,18-19,21,34-35H,1-2,6-7,11-14,16H2. The number of carbonyl (C=O) groups is 1. The van der Waals surface area contributed by atoms with Gasteiger partial charge >= 0.3 is 12.5 Å². The number of nitrogens with one attached hydrogen (secondary N) is 2. The van der Waals surface area contributed by atoms with Crippen molar-refractivity contribution in [3.63, 3.8) is 0 Å². The van der Waals surface area contributed by atoms with Gasteiger partial charge in [0.15, 0.2) is 0 Å². The summed E-state index contributed by atoms with van der Waals surface area (Å²) in [5.41, 5.74) is -0.817. The number of carbonyl (C=O) groups excluding carboxylic acids is 1. The van der Waals surface area contributed by atoms with Crippen LogP contribution in [0.2, 0.25) is 0 Å². The van der Waals surface area contributed by atoms with E-state index in [1.165, 1.54) is 30.3 Å². The molecule has 0 spiro atoms. The molecule has 1 saturated heterocycles. The van der Waals surface area contributed by atoms with Crippen LogP contribution in [-0.2, 0) is 15.7 Å². The highest BCUT2D eigenvalue weighted by atomic mass is 19.4. The van der Waals surface area contributed by atoms with Crippen molar-refractivity contribution in [2.45, 2.75) is 69.3 Å². The summed E-state index contributed by atoms with van der Waals surface area (Å²) >= 11 is 0. The number of halogens is 6. The topological polar surface area (TPSA) is 92.3 Å². The zero-order chi connectivity index (χ0) is 29.6. The van der Waals surface area contributed by atoms with Gasteiger partial charge in [0.05, 0.1) is 11.7 Å². The average Bonchev–Trinajstić information content (AvgIpc) is 2.93. The van der Waals surface area contributed by atoms with Gasteiger partial charge in [0, 0.05) is 36.5 Å². The maximum absolute atomic E-state index is 13.2. The van der Waals surface area contributed by atoms with Gasteiger partial charge in [-0.05, 0) is 86.2 Å². The van der Waals surface area contributed by atoms with E-state index in [1.54, 1.807) is 4.90 Å². The van der Waals surface area contributed by atoms with Crippen molar-refractivity contribution in [3.8, 4) is 5.75 Å². The molecule has 4 rings (SSSR count). The van der Waals surface area contributed by atoms with Gasteiger partial charge in [0.1, 0.15) is 18.0 Å². The van der Waals surface area contributed by atoms with Gasteiger partial charge in [-0.25, -0.2) is 0 Å². The number of nitrogens with zero attached hydrogens (tertiary/aromatic N) is 2. The van der Waals surface area contributed by atoms with Crippen LogP contribution in [0.25, 0.3) is 0 Å². The lowest BCUT2D eigenvalue weighted by Gasteiger charge is -2.34. The monoisotopic (exact) mass is 588 g/mol. The molecule has 224 valence electrons. The van der Waals surface area contributed by atoms with E-state index in [2.05, 4.69) is 20.5 Å². The Morgan fingerprint density at radius 2 is 1.44 bits per heavy atom. The summed E-state index contributed by atoms with van der Waals surface area (Å²) in [7, 11) is 0. The van der Waals surface area contributed by atoms with Gasteiger partial charge in [0.2, 0.25) is 5.91 Å². The Kier molecular flexibility index (Phi) is 9.61. The van der Waals surface area contributed by atoms with Crippen molar-refractivity contribution in [2.24, 2.45) is 5.18 Å². The first-order valence-corrected chi connectivity index (χ1v) is 13.2. The number of ether oxygens (including phenoxy) is 2. The third-order valence-electron chi connectivity index (χ3n) is 7.19. The Bertz CT molecular complexity index is 1180. The largest absolute Gasteiger partial charge is 0.573 e. The first-order valence-electron chi connectivity index (χ1n) is 13.2. The second-order valence-corrected chi connectivity index (χ2v) is 10.1. The quantitative estimate of drug-likeness (QED) is 0.246. The fourth-order valence-corrected chi connectivity index (χ4v) is 5.08. The molecule has 41 heavy (non-hydrogen) atoms. The maximum atomic E-state index is 13.2. The highest BCUT2D eigenvalue weighted by Crippen LogP contribution is 2.38. The first kappa shape index (κ1) is 30.4. The summed E-state index contributed by atoms with van der Waals surface area (Å²) < 4.78 is 86.2. The third-order valence-corrected chi connectivity index (χ3v) is 7.19. The molecule has 2 N–H and O–H groups in total. The fourth-order valence-electron chi connectivity index (χ4n) is 5.08. The van der Waals surface area contributed by atoms with Crippen molar-refractivity contribution < 1.29 is 40.6 Å². The number of alkyl halides is 6. The summed E-state index contributed by atoms with van der Waals surface area (Å²) in [4.78, 5) is 25.1. The van der Waals surface area contributed by atoms with E-state index in [9.17, 15) is 36.0 Å². The summed E-state index contributed by atoms with van der Waals surface area (Å²) in [5.74, 6) is -0.420. The summed E-state index contributed by atoms with van der Waals surface area (Å²) in [6, 6.07) is 8.83. The van der Waals surface area contributed by atoms with Crippen LogP contribution < -0.4 is 15.4 Å². The molecule has 0 aromatic heterocycles. The molecule has 1 aliphatic heterocycles. The van der Waals surface area contributed by atoms with Crippen LogP contribution in [0.15, 0.2) is 47.6 Å². The highest BCUT2D eigenvalue weighted by Gasteiger charge is 2.35. The van der Waals surface area contributed by atoms with Crippen LogP contribution in [0.3, 0.4) is 0 Å². The Morgan fingerprint density at radius 1 is 0.854 bits per heavy atom. The second kappa shape index (κ2) is 13.0. The molecule has 0 unspecified atom stereocenters. The molecule has 0 atom stereocenters. The average molecular weight is 589 g/mol. The summed E-state index contributed by atoms with van der Waals surface area (Å²) in [6.45, 7) is 0.977. The molecule has 8 nitrogen and oxygen atoms in total. The van der Waals surface area contributed by atoms with Crippen LogP contribution in [0.1, 0.15) is 44.1 Å². The number of nitroso groups, excluding NO2 is 1. The second-order valence-electron chi connectivity index (χ2n) is 10.1. The Balaban J connectivity index is 1.15. The van der Waals surface area contributed by atoms with E-state index in [-0.39, 0.29) is 42.1 Å².